The van der Waals surface area contributed by atoms with Crippen LogP contribution >= 0.6 is 0 Å². The highest BCUT2D eigenvalue weighted by Gasteiger charge is 1.98. The van der Waals surface area contributed by atoms with Gasteiger partial charge in [0.05, 0.1) is 0 Å². The fraction of sp³-hybridized carbons (Fsp3) is 0.600. The maximum atomic E-state index is 4.75. The summed E-state index contributed by atoms with van der Waals surface area (Å²) in [6.07, 6.45) is 0.874. The number of nitrogens with zero attached hydrogens (tertiary/aromatic N) is 2. The van der Waals surface area contributed by atoms with Crippen molar-refractivity contribution in [3.05, 3.63) is 11.5 Å². The topological polar surface area (TPSA) is 38.9 Å². The number of aromatic nitrogens is 2. The van der Waals surface area contributed by atoms with Crippen LogP contribution in [0.2, 0.25) is 0 Å². The molecule has 1 aromatic heterocycles. The molecule has 0 aliphatic carbocycles. The second kappa shape index (κ2) is 1.94. The fourth-order valence-corrected chi connectivity index (χ4v) is 0.573. The lowest BCUT2D eigenvalue weighted by Gasteiger charge is -1.81. The lowest BCUT2D eigenvalue weighted by atomic mass is 10.3. The van der Waals surface area contributed by atoms with Crippen molar-refractivity contribution in [1.29, 1.82) is 0 Å². The highest BCUT2D eigenvalue weighted by molar-refractivity contribution is 5.00. The fourth-order valence-electron chi connectivity index (χ4n) is 0.573. The van der Waals surface area contributed by atoms with E-state index in [0.717, 1.165) is 17.9 Å². The zero-order chi connectivity index (χ0) is 5.98. The van der Waals surface area contributed by atoms with E-state index in [1.54, 1.807) is 0 Å². The van der Waals surface area contributed by atoms with E-state index in [0.29, 0.717) is 0 Å². The van der Waals surface area contributed by atoms with Crippen molar-refractivity contribution in [1.82, 2.24) is 10.4 Å². The van der Waals surface area contributed by atoms with E-state index in [1.165, 1.54) is 0 Å². The van der Waals surface area contributed by atoms with Gasteiger partial charge in [-0.3, -0.25) is 0 Å². The third kappa shape index (κ3) is 0.710. The van der Waals surface area contributed by atoms with Gasteiger partial charge in [0.15, 0.2) is 5.76 Å². The molecule has 0 N–H and O–H groups in total. The normalized spacial score (nSPS) is 9.75. The van der Waals surface area contributed by atoms with Gasteiger partial charge in [0.1, 0.15) is 5.69 Å². The molecule has 0 aliphatic heterocycles. The minimum absolute atomic E-state index is 0.874. The molecule has 0 spiro atoms. The standard InChI is InChI=1S/C5H8N2O/c1-3-5-4(2)6-7-8-5/h3H2,1-2H3. The third-order valence-electron chi connectivity index (χ3n) is 1.07. The summed E-state index contributed by atoms with van der Waals surface area (Å²) in [6, 6.07) is 0. The molecule has 0 amide bonds. The van der Waals surface area contributed by atoms with Gasteiger partial charge in [0, 0.05) is 11.7 Å². The number of rotatable bonds is 1. The summed E-state index contributed by atoms with van der Waals surface area (Å²) < 4.78 is 4.75. The summed E-state index contributed by atoms with van der Waals surface area (Å²) in [7, 11) is 0. The van der Waals surface area contributed by atoms with Crippen LogP contribution in [0.25, 0.3) is 0 Å². The molecule has 0 saturated carbocycles. The highest BCUT2D eigenvalue weighted by Crippen LogP contribution is 2.00. The molecule has 1 rings (SSSR count). The minimum Gasteiger partial charge on any atom is -0.342 e. The van der Waals surface area contributed by atoms with Gasteiger partial charge in [-0.1, -0.05) is 6.92 Å². The van der Waals surface area contributed by atoms with Gasteiger partial charge in [0.2, 0.25) is 0 Å². The van der Waals surface area contributed by atoms with Crippen molar-refractivity contribution in [2.75, 3.05) is 0 Å². The van der Waals surface area contributed by atoms with Crippen LogP contribution in [-0.2, 0) is 6.42 Å². The second-order valence-electron chi connectivity index (χ2n) is 1.64. The minimum atomic E-state index is 0.874. The predicted molar refractivity (Wildman–Crippen MR) is 28.4 cm³/mol. The second-order valence-corrected chi connectivity index (χ2v) is 1.64. The average Bonchev–Trinajstić information content (AvgIpc) is 2.14. The van der Waals surface area contributed by atoms with Gasteiger partial charge in [-0.25, -0.2) is 0 Å². The Morgan fingerprint density at radius 2 is 2.38 bits per heavy atom. The van der Waals surface area contributed by atoms with Crippen molar-refractivity contribution in [3.8, 4) is 0 Å². The SMILES string of the molecule is CCc1onnc1C. The Morgan fingerprint density at radius 1 is 1.62 bits per heavy atom. The van der Waals surface area contributed by atoms with Crippen molar-refractivity contribution in [3.63, 3.8) is 0 Å². The molecular formula is C5H8N2O. The molecule has 0 aliphatic rings. The monoisotopic (exact) mass is 112 g/mol. The molecule has 0 bridgehead atoms. The first-order chi connectivity index (χ1) is 3.84. The summed E-state index contributed by atoms with van der Waals surface area (Å²) in [6.45, 7) is 3.89. The molecule has 1 heterocycles. The average molecular weight is 112 g/mol. The summed E-state index contributed by atoms with van der Waals surface area (Å²) in [5, 5.41) is 7.04. The quantitative estimate of drug-likeness (QED) is 0.542. The summed E-state index contributed by atoms with van der Waals surface area (Å²) >= 11 is 0. The van der Waals surface area contributed by atoms with E-state index in [-0.39, 0.29) is 0 Å². The molecule has 0 atom stereocenters. The molecule has 0 saturated heterocycles. The Balaban J connectivity index is 2.92. The molecule has 0 radical (unpaired) electrons. The molecule has 0 unspecified atom stereocenters. The summed E-state index contributed by atoms with van der Waals surface area (Å²) in [5.74, 6) is 0.880. The van der Waals surface area contributed by atoms with E-state index in [2.05, 4.69) is 10.4 Å². The van der Waals surface area contributed by atoms with Crippen LogP contribution in [-0.4, -0.2) is 10.4 Å². The first kappa shape index (κ1) is 5.28. The lowest BCUT2D eigenvalue weighted by Crippen LogP contribution is -1.78. The molecule has 44 valence electrons. The van der Waals surface area contributed by atoms with Crippen LogP contribution in [0.1, 0.15) is 18.4 Å². The zero-order valence-corrected chi connectivity index (χ0v) is 5.01. The van der Waals surface area contributed by atoms with E-state index >= 15 is 0 Å². The van der Waals surface area contributed by atoms with Gasteiger partial charge >= 0.3 is 0 Å². The van der Waals surface area contributed by atoms with Gasteiger partial charge < -0.3 is 4.52 Å². The van der Waals surface area contributed by atoms with E-state index in [9.17, 15) is 0 Å². The maximum absolute atomic E-state index is 4.75. The van der Waals surface area contributed by atoms with Crippen molar-refractivity contribution >= 4 is 0 Å². The molecule has 3 heteroatoms. The van der Waals surface area contributed by atoms with Crippen LogP contribution in [0.3, 0.4) is 0 Å². The number of aryl methyl sites for hydroxylation is 2. The summed E-state index contributed by atoms with van der Waals surface area (Å²) in [5.41, 5.74) is 0.896. The third-order valence-corrected chi connectivity index (χ3v) is 1.07. The molecular weight excluding hydrogens is 104 g/mol. The molecule has 0 fully saturated rings. The Labute approximate surface area is 47.7 Å². The van der Waals surface area contributed by atoms with Gasteiger partial charge in [-0.05, 0) is 6.92 Å². The molecule has 8 heavy (non-hydrogen) atoms. The van der Waals surface area contributed by atoms with Crippen molar-refractivity contribution < 1.29 is 4.52 Å². The van der Waals surface area contributed by atoms with Crippen LogP contribution < -0.4 is 0 Å². The van der Waals surface area contributed by atoms with E-state index in [4.69, 9.17) is 4.52 Å². The first-order valence-electron chi connectivity index (χ1n) is 2.62. The summed E-state index contributed by atoms with van der Waals surface area (Å²) in [4.78, 5) is 0. The van der Waals surface area contributed by atoms with Crippen LogP contribution in [0, 0.1) is 6.92 Å². The smallest absolute Gasteiger partial charge is 0.159 e. The number of hydrogen-bond donors (Lipinski definition) is 0. The van der Waals surface area contributed by atoms with Gasteiger partial charge in [-0.2, -0.15) is 0 Å². The zero-order valence-electron chi connectivity index (χ0n) is 5.01. The van der Waals surface area contributed by atoms with Crippen LogP contribution in [0.4, 0.5) is 0 Å². The van der Waals surface area contributed by atoms with Gasteiger partial charge in [0.25, 0.3) is 0 Å². The Bertz CT molecular complexity index is 171. The van der Waals surface area contributed by atoms with Crippen LogP contribution in [0.5, 0.6) is 0 Å². The van der Waals surface area contributed by atoms with Crippen LogP contribution in [0.15, 0.2) is 4.52 Å². The van der Waals surface area contributed by atoms with Gasteiger partial charge in [-0.15, -0.1) is 5.10 Å². The first-order valence-corrected chi connectivity index (χ1v) is 2.62. The molecule has 0 aromatic carbocycles. The highest BCUT2D eigenvalue weighted by atomic mass is 16.5. The lowest BCUT2D eigenvalue weighted by molar-refractivity contribution is 0.364. The largest absolute Gasteiger partial charge is 0.342 e. The Morgan fingerprint density at radius 3 is 2.62 bits per heavy atom. The maximum Gasteiger partial charge on any atom is 0.159 e. The molecule has 1 aromatic rings. The molecule has 3 nitrogen and oxygen atoms in total. The Hall–Kier alpha value is -0.860. The van der Waals surface area contributed by atoms with Crippen molar-refractivity contribution in [2.45, 2.75) is 20.3 Å². The number of hydrogen-bond acceptors (Lipinski definition) is 3. The Kier molecular flexibility index (Phi) is 1.28. The van der Waals surface area contributed by atoms with E-state index in [1.807, 2.05) is 13.8 Å². The predicted octanol–water partition coefficient (Wildman–Crippen LogP) is 0.940. The van der Waals surface area contributed by atoms with E-state index < -0.39 is 0 Å². The van der Waals surface area contributed by atoms with Crippen molar-refractivity contribution in [2.24, 2.45) is 0 Å².